The van der Waals surface area contributed by atoms with Crippen molar-refractivity contribution in [2.45, 2.75) is 13.3 Å². The molecule has 1 heterocycles. The van der Waals surface area contributed by atoms with Crippen molar-refractivity contribution in [2.75, 3.05) is 13.0 Å². The normalized spacial score (nSPS) is 10.8. The zero-order chi connectivity index (χ0) is 12.4. The molecule has 1 aromatic carbocycles. The van der Waals surface area contributed by atoms with Gasteiger partial charge in [-0.1, -0.05) is 23.7 Å². The second-order valence-corrected chi connectivity index (χ2v) is 4.54. The van der Waals surface area contributed by atoms with E-state index >= 15 is 0 Å². The summed E-state index contributed by atoms with van der Waals surface area (Å²) in [5.41, 5.74) is 2.94. The molecule has 0 aliphatic carbocycles. The van der Waals surface area contributed by atoms with Crippen LogP contribution in [0.15, 0.2) is 18.2 Å². The number of ether oxygens (including phenoxy) is 1. The molecule has 0 unspecified atom stereocenters. The van der Waals surface area contributed by atoms with Gasteiger partial charge in [0.2, 0.25) is 0 Å². The molecule has 0 atom stereocenters. The van der Waals surface area contributed by atoms with Crippen LogP contribution in [0.25, 0.3) is 10.9 Å². The number of para-hydroxylation sites is 1. The molecule has 2 rings (SSSR count). The van der Waals surface area contributed by atoms with E-state index in [0.717, 1.165) is 34.2 Å². The van der Waals surface area contributed by atoms with Gasteiger partial charge >= 0.3 is 0 Å². The molecule has 0 spiro atoms. The van der Waals surface area contributed by atoms with E-state index in [0.29, 0.717) is 11.0 Å². The summed E-state index contributed by atoms with van der Waals surface area (Å²) in [6, 6.07) is 5.86. The number of nitrogens with zero attached hydrogens (tertiary/aromatic N) is 1. The van der Waals surface area contributed by atoms with Gasteiger partial charge in [0, 0.05) is 11.3 Å². The van der Waals surface area contributed by atoms with Crippen LogP contribution in [-0.2, 0) is 6.42 Å². The average molecular weight is 270 g/mol. The van der Waals surface area contributed by atoms with Gasteiger partial charge in [-0.25, -0.2) is 4.98 Å². The number of halogens is 2. The number of methoxy groups -OCH3 is 1. The Morgan fingerprint density at radius 2 is 2.12 bits per heavy atom. The minimum Gasteiger partial charge on any atom is -0.494 e. The van der Waals surface area contributed by atoms with Crippen molar-refractivity contribution in [3.63, 3.8) is 0 Å². The van der Waals surface area contributed by atoms with Gasteiger partial charge < -0.3 is 4.74 Å². The van der Waals surface area contributed by atoms with Crippen LogP contribution in [0.4, 0.5) is 0 Å². The molecule has 0 fully saturated rings. The Balaban J connectivity index is 2.76. The number of fused-ring (bicyclic) bond motifs is 1. The van der Waals surface area contributed by atoms with Crippen molar-refractivity contribution in [1.82, 2.24) is 4.98 Å². The summed E-state index contributed by atoms with van der Waals surface area (Å²) in [5, 5.41) is 1.58. The van der Waals surface area contributed by atoms with Crippen LogP contribution in [0, 0.1) is 6.92 Å². The quantitative estimate of drug-likeness (QED) is 0.621. The van der Waals surface area contributed by atoms with Gasteiger partial charge in [-0.2, -0.15) is 0 Å². The Morgan fingerprint density at radius 3 is 2.76 bits per heavy atom. The van der Waals surface area contributed by atoms with Crippen molar-refractivity contribution in [3.05, 3.63) is 34.5 Å². The van der Waals surface area contributed by atoms with E-state index in [9.17, 15) is 0 Å². The van der Waals surface area contributed by atoms with E-state index in [1.54, 1.807) is 7.11 Å². The Labute approximate surface area is 111 Å². The predicted octanol–water partition coefficient (Wildman–Crippen LogP) is 3.99. The third-order valence-corrected chi connectivity index (χ3v) is 3.38. The maximum absolute atomic E-state index is 6.19. The van der Waals surface area contributed by atoms with Gasteiger partial charge in [0.1, 0.15) is 16.4 Å². The lowest BCUT2D eigenvalue weighted by molar-refractivity contribution is 0.419. The number of rotatable bonds is 3. The lowest BCUT2D eigenvalue weighted by Gasteiger charge is -2.12. The molecule has 0 N–H and O–H groups in total. The Morgan fingerprint density at radius 1 is 1.35 bits per heavy atom. The fourth-order valence-corrected chi connectivity index (χ4v) is 2.48. The van der Waals surface area contributed by atoms with Crippen molar-refractivity contribution >= 4 is 34.1 Å². The molecular weight excluding hydrogens is 257 g/mol. The standard InChI is InChI=1S/C13H13Cl2NO/c1-8-9-4-3-5-11(17-2)12(9)16-13(15)10(8)6-7-14/h3-5H,6-7H2,1-2H3. The van der Waals surface area contributed by atoms with Crippen LogP contribution in [0.1, 0.15) is 11.1 Å². The molecule has 0 saturated carbocycles. The van der Waals surface area contributed by atoms with Crippen molar-refractivity contribution in [2.24, 2.45) is 0 Å². The van der Waals surface area contributed by atoms with Crippen LogP contribution >= 0.6 is 23.2 Å². The fourth-order valence-electron chi connectivity index (χ4n) is 1.97. The second kappa shape index (κ2) is 5.11. The molecule has 17 heavy (non-hydrogen) atoms. The number of alkyl halides is 1. The molecule has 0 aliphatic rings. The van der Waals surface area contributed by atoms with Crippen LogP contribution in [0.3, 0.4) is 0 Å². The summed E-state index contributed by atoms with van der Waals surface area (Å²) < 4.78 is 5.29. The summed E-state index contributed by atoms with van der Waals surface area (Å²) in [6.45, 7) is 2.04. The van der Waals surface area contributed by atoms with Gasteiger partial charge in [0.25, 0.3) is 0 Å². The first-order chi connectivity index (χ1) is 8.19. The third-order valence-electron chi connectivity index (χ3n) is 2.88. The smallest absolute Gasteiger partial charge is 0.145 e. The monoisotopic (exact) mass is 269 g/mol. The van der Waals surface area contributed by atoms with Crippen LogP contribution in [-0.4, -0.2) is 18.0 Å². The summed E-state index contributed by atoms with van der Waals surface area (Å²) in [7, 11) is 1.63. The maximum Gasteiger partial charge on any atom is 0.145 e. The molecule has 0 aliphatic heterocycles. The number of aromatic nitrogens is 1. The van der Waals surface area contributed by atoms with Gasteiger partial charge in [-0.3, -0.25) is 0 Å². The molecule has 2 aromatic rings. The van der Waals surface area contributed by atoms with Gasteiger partial charge in [-0.05, 0) is 30.5 Å². The van der Waals surface area contributed by atoms with E-state index in [4.69, 9.17) is 27.9 Å². The lowest BCUT2D eigenvalue weighted by Crippen LogP contribution is -1.98. The highest BCUT2D eigenvalue weighted by molar-refractivity contribution is 6.31. The van der Waals surface area contributed by atoms with Gasteiger partial charge in [-0.15, -0.1) is 11.6 Å². The molecule has 1 aromatic heterocycles. The molecule has 0 saturated heterocycles. The average Bonchev–Trinajstić information content (AvgIpc) is 2.34. The topological polar surface area (TPSA) is 22.1 Å². The molecule has 4 heteroatoms. The third kappa shape index (κ3) is 2.20. The minimum atomic E-state index is 0.514. The first-order valence-electron chi connectivity index (χ1n) is 5.36. The summed E-state index contributed by atoms with van der Waals surface area (Å²) in [6.07, 6.45) is 0.729. The number of hydrogen-bond donors (Lipinski definition) is 0. The minimum absolute atomic E-state index is 0.514. The molecule has 0 amide bonds. The maximum atomic E-state index is 6.19. The largest absolute Gasteiger partial charge is 0.494 e. The van der Waals surface area contributed by atoms with Crippen LogP contribution in [0.2, 0.25) is 5.15 Å². The SMILES string of the molecule is COc1cccc2c(C)c(CCCl)c(Cl)nc12. The number of benzene rings is 1. The fraction of sp³-hybridized carbons (Fsp3) is 0.308. The molecule has 2 nitrogen and oxygen atoms in total. The van der Waals surface area contributed by atoms with Gasteiger partial charge in [0.15, 0.2) is 0 Å². The highest BCUT2D eigenvalue weighted by atomic mass is 35.5. The first-order valence-corrected chi connectivity index (χ1v) is 6.28. The Hall–Kier alpha value is -0.990. The molecule has 0 radical (unpaired) electrons. The van der Waals surface area contributed by atoms with Crippen LogP contribution < -0.4 is 4.74 Å². The summed E-state index contributed by atoms with van der Waals surface area (Å²) >= 11 is 12.0. The van der Waals surface area contributed by atoms with Crippen LogP contribution in [0.5, 0.6) is 5.75 Å². The number of aryl methyl sites for hydroxylation is 1. The van der Waals surface area contributed by atoms with E-state index in [1.165, 1.54) is 0 Å². The predicted molar refractivity (Wildman–Crippen MR) is 72.5 cm³/mol. The highest BCUT2D eigenvalue weighted by Gasteiger charge is 2.12. The van der Waals surface area contributed by atoms with E-state index < -0.39 is 0 Å². The summed E-state index contributed by atoms with van der Waals surface area (Å²) in [5.74, 6) is 1.28. The molecular formula is C13H13Cl2NO. The van der Waals surface area contributed by atoms with Crippen molar-refractivity contribution < 1.29 is 4.74 Å². The number of hydrogen-bond acceptors (Lipinski definition) is 2. The lowest BCUT2D eigenvalue weighted by atomic mass is 10.0. The number of pyridine rings is 1. The Bertz CT molecular complexity index is 555. The second-order valence-electron chi connectivity index (χ2n) is 3.80. The molecule has 0 bridgehead atoms. The Kier molecular flexibility index (Phi) is 3.75. The van der Waals surface area contributed by atoms with Crippen molar-refractivity contribution in [1.29, 1.82) is 0 Å². The van der Waals surface area contributed by atoms with E-state index in [-0.39, 0.29) is 0 Å². The molecule has 90 valence electrons. The van der Waals surface area contributed by atoms with E-state index in [1.807, 2.05) is 25.1 Å². The van der Waals surface area contributed by atoms with Gasteiger partial charge in [0.05, 0.1) is 7.11 Å². The first kappa shape index (κ1) is 12.5. The zero-order valence-corrected chi connectivity index (χ0v) is 11.3. The van der Waals surface area contributed by atoms with Crippen molar-refractivity contribution in [3.8, 4) is 5.75 Å². The zero-order valence-electron chi connectivity index (χ0n) is 9.76. The van der Waals surface area contributed by atoms with E-state index in [2.05, 4.69) is 4.98 Å². The summed E-state index contributed by atoms with van der Waals surface area (Å²) in [4.78, 5) is 4.41. The highest BCUT2D eigenvalue weighted by Crippen LogP contribution is 2.31.